The number of likely N-dealkylation sites (N-methyl/N-ethyl adjacent to an activating group) is 2. The molecule has 3 heterocycles. The lowest BCUT2D eigenvalue weighted by molar-refractivity contribution is 0.275. The fourth-order valence-electron chi connectivity index (χ4n) is 3.88. The Morgan fingerprint density at radius 2 is 1.81 bits per heavy atom. The second-order valence-corrected chi connectivity index (χ2v) is 7.36. The summed E-state index contributed by atoms with van der Waals surface area (Å²) in [6, 6.07) is 8.91. The molecule has 2 aliphatic heterocycles. The monoisotopic (exact) mass is 353 g/mol. The van der Waals surface area contributed by atoms with Crippen LogP contribution in [0, 0.1) is 0 Å². The molecule has 1 aromatic carbocycles. The molecule has 0 spiro atoms. The molecule has 6 nitrogen and oxygen atoms in total. The van der Waals surface area contributed by atoms with Gasteiger partial charge >= 0.3 is 0 Å². The number of hydrogen-bond acceptors (Lipinski definition) is 6. The molecule has 1 atom stereocenters. The van der Waals surface area contributed by atoms with Crippen molar-refractivity contribution >= 4 is 11.5 Å². The molecule has 138 valence electrons. The lowest BCUT2D eigenvalue weighted by Crippen LogP contribution is -2.44. The van der Waals surface area contributed by atoms with Gasteiger partial charge in [-0.15, -0.1) is 0 Å². The highest BCUT2D eigenvalue weighted by Crippen LogP contribution is 2.32. The molecule has 26 heavy (non-hydrogen) atoms. The highest BCUT2D eigenvalue weighted by Gasteiger charge is 2.28. The van der Waals surface area contributed by atoms with E-state index in [1.54, 1.807) is 0 Å². The summed E-state index contributed by atoms with van der Waals surface area (Å²) in [7, 11) is 4.23. The van der Waals surface area contributed by atoms with E-state index in [-0.39, 0.29) is 6.61 Å². The summed E-state index contributed by atoms with van der Waals surface area (Å²) in [6.45, 7) is 4.57. The van der Waals surface area contributed by atoms with E-state index in [4.69, 9.17) is 4.98 Å². The van der Waals surface area contributed by atoms with Crippen LogP contribution in [-0.4, -0.2) is 72.9 Å². The zero-order valence-electron chi connectivity index (χ0n) is 15.6. The molecule has 2 aromatic rings. The first-order valence-corrected chi connectivity index (χ1v) is 9.39. The first-order valence-electron chi connectivity index (χ1n) is 9.39. The molecule has 0 bridgehead atoms. The normalized spacial score (nSPS) is 20.5. The fraction of sp³-hybridized carbons (Fsp3) is 0.500. The average Bonchev–Trinajstić information content (AvgIpc) is 2.98. The number of aliphatic hydroxyl groups excluding tert-OH is 1. The van der Waals surface area contributed by atoms with Crippen molar-refractivity contribution in [2.45, 2.75) is 18.9 Å². The van der Waals surface area contributed by atoms with Gasteiger partial charge in [0, 0.05) is 68.9 Å². The van der Waals surface area contributed by atoms with Gasteiger partial charge in [0.1, 0.15) is 5.82 Å². The Bertz CT molecular complexity index is 755. The molecule has 1 fully saturated rings. The van der Waals surface area contributed by atoms with Crippen molar-refractivity contribution < 1.29 is 5.11 Å². The number of fused-ring (bicyclic) bond motifs is 1. The Labute approximate surface area is 155 Å². The third kappa shape index (κ3) is 3.27. The van der Waals surface area contributed by atoms with Crippen LogP contribution in [0.15, 0.2) is 30.5 Å². The van der Waals surface area contributed by atoms with E-state index in [1.807, 2.05) is 6.20 Å². The molecule has 0 amide bonds. The first-order chi connectivity index (χ1) is 12.7. The van der Waals surface area contributed by atoms with Gasteiger partial charge < -0.3 is 19.8 Å². The number of aliphatic hydroxyl groups is 1. The van der Waals surface area contributed by atoms with Gasteiger partial charge in [0.15, 0.2) is 5.82 Å². The highest BCUT2D eigenvalue weighted by atomic mass is 16.3. The molecule has 0 aliphatic carbocycles. The van der Waals surface area contributed by atoms with Crippen molar-refractivity contribution in [3.05, 3.63) is 36.0 Å². The zero-order chi connectivity index (χ0) is 18.1. The van der Waals surface area contributed by atoms with Crippen molar-refractivity contribution in [2.75, 3.05) is 56.7 Å². The molecule has 6 heteroatoms. The minimum absolute atomic E-state index is 0.205. The Balaban J connectivity index is 1.52. The van der Waals surface area contributed by atoms with E-state index in [9.17, 15) is 5.11 Å². The van der Waals surface area contributed by atoms with Gasteiger partial charge in [-0.3, -0.25) is 0 Å². The highest BCUT2D eigenvalue weighted by molar-refractivity contribution is 5.64. The number of hydrogen-bond donors (Lipinski definition) is 1. The van der Waals surface area contributed by atoms with E-state index in [1.165, 1.54) is 11.3 Å². The van der Waals surface area contributed by atoms with Gasteiger partial charge in [0.05, 0.1) is 0 Å². The topological polar surface area (TPSA) is 55.7 Å². The van der Waals surface area contributed by atoms with Gasteiger partial charge in [-0.05, 0) is 44.2 Å². The summed E-state index contributed by atoms with van der Waals surface area (Å²) in [5, 5.41) is 9.23. The van der Waals surface area contributed by atoms with Gasteiger partial charge in [0.25, 0.3) is 0 Å². The van der Waals surface area contributed by atoms with Gasteiger partial charge in [-0.1, -0.05) is 0 Å². The number of nitrogens with zero attached hydrogens (tertiary/aromatic N) is 5. The van der Waals surface area contributed by atoms with Crippen LogP contribution in [0.25, 0.3) is 11.4 Å². The maximum absolute atomic E-state index is 9.23. The Morgan fingerprint density at radius 1 is 1.08 bits per heavy atom. The van der Waals surface area contributed by atoms with Gasteiger partial charge in [-0.2, -0.15) is 0 Å². The van der Waals surface area contributed by atoms with Crippen LogP contribution in [0.3, 0.4) is 0 Å². The van der Waals surface area contributed by atoms with Crippen molar-refractivity contribution in [1.29, 1.82) is 0 Å². The molecular weight excluding hydrogens is 326 g/mol. The van der Waals surface area contributed by atoms with Crippen molar-refractivity contribution in [3.63, 3.8) is 0 Å². The Hall–Kier alpha value is -2.18. The lowest BCUT2D eigenvalue weighted by Gasteiger charge is -2.34. The summed E-state index contributed by atoms with van der Waals surface area (Å²) >= 11 is 0. The number of piperazine rings is 1. The Morgan fingerprint density at radius 3 is 2.50 bits per heavy atom. The molecule has 1 unspecified atom stereocenters. The third-order valence-electron chi connectivity index (χ3n) is 5.64. The SMILES string of the molecule is CN1CCN(c2ccc(-c3ncc4c(n3)N(C)C(CCO)C4)cc2)CC1. The first kappa shape index (κ1) is 17.2. The van der Waals surface area contributed by atoms with E-state index >= 15 is 0 Å². The molecule has 2 aliphatic rings. The van der Waals surface area contributed by atoms with Crippen LogP contribution < -0.4 is 9.80 Å². The van der Waals surface area contributed by atoms with E-state index in [2.05, 4.69) is 58.0 Å². The molecular formula is C20H27N5O. The lowest BCUT2D eigenvalue weighted by atomic mass is 10.1. The predicted molar refractivity (Wildman–Crippen MR) is 105 cm³/mol. The van der Waals surface area contributed by atoms with Gasteiger partial charge in [-0.25, -0.2) is 9.97 Å². The Kier molecular flexibility index (Phi) is 4.78. The summed E-state index contributed by atoms with van der Waals surface area (Å²) in [5.74, 6) is 1.77. The van der Waals surface area contributed by atoms with E-state index < -0.39 is 0 Å². The van der Waals surface area contributed by atoms with Crippen molar-refractivity contribution in [1.82, 2.24) is 14.9 Å². The quantitative estimate of drug-likeness (QED) is 0.902. The van der Waals surface area contributed by atoms with Crippen LogP contribution >= 0.6 is 0 Å². The smallest absolute Gasteiger partial charge is 0.161 e. The zero-order valence-corrected chi connectivity index (χ0v) is 15.6. The number of aromatic nitrogens is 2. The second-order valence-electron chi connectivity index (χ2n) is 7.36. The standard InChI is InChI=1S/C20H27N5O/c1-23-8-10-25(11-9-23)17-5-3-15(4-6-17)19-21-14-16-13-18(7-12-26)24(2)20(16)22-19/h3-6,14,18,26H,7-13H2,1-2H3. The second kappa shape index (κ2) is 7.21. The summed E-state index contributed by atoms with van der Waals surface area (Å²) in [6.07, 6.45) is 3.62. The molecule has 1 N–H and O–H groups in total. The van der Waals surface area contributed by atoms with Crippen LogP contribution in [-0.2, 0) is 6.42 Å². The largest absolute Gasteiger partial charge is 0.396 e. The van der Waals surface area contributed by atoms with Gasteiger partial charge in [0.2, 0.25) is 0 Å². The number of rotatable bonds is 4. The summed E-state index contributed by atoms with van der Waals surface area (Å²) in [5.41, 5.74) is 3.48. The van der Waals surface area contributed by atoms with E-state index in [0.717, 1.165) is 56.2 Å². The molecule has 0 saturated carbocycles. The molecule has 4 rings (SSSR count). The van der Waals surface area contributed by atoms with E-state index in [0.29, 0.717) is 6.04 Å². The minimum atomic E-state index is 0.205. The number of anilines is 2. The van der Waals surface area contributed by atoms with Crippen LogP contribution in [0.5, 0.6) is 0 Å². The summed E-state index contributed by atoms with van der Waals surface area (Å²) < 4.78 is 0. The van der Waals surface area contributed by atoms with Crippen molar-refractivity contribution in [2.24, 2.45) is 0 Å². The van der Waals surface area contributed by atoms with Crippen LogP contribution in [0.1, 0.15) is 12.0 Å². The minimum Gasteiger partial charge on any atom is -0.396 e. The average molecular weight is 353 g/mol. The molecule has 0 radical (unpaired) electrons. The maximum Gasteiger partial charge on any atom is 0.161 e. The fourth-order valence-corrected chi connectivity index (χ4v) is 3.88. The van der Waals surface area contributed by atoms with Crippen molar-refractivity contribution in [3.8, 4) is 11.4 Å². The predicted octanol–water partition coefficient (Wildman–Crippen LogP) is 1.64. The maximum atomic E-state index is 9.23. The third-order valence-corrected chi connectivity index (χ3v) is 5.64. The molecule has 1 aromatic heterocycles. The number of benzene rings is 1. The summed E-state index contributed by atoms with van der Waals surface area (Å²) in [4.78, 5) is 16.4. The van der Waals surface area contributed by atoms with Crippen LogP contribution in [0.2, 0.25) is 0 Å². The van der Waals surface area contributed by atoms with Crippen LogP contribution in [0.4, 0.5) is 11.5 Å². The molecule has 1 saturated heterocycles.